The number of rotatable bonds is 4. The zero-order valence-electron chi connectivity index (χ0n) is 11.8. The van der Waals surface area contributed by atoms with Crippen LogP contribution in [0.15, 0.2) is 12.1 Å². The van der Waals surface area contributed by atoms with E-state index in [1.165, 1.54) is 6.07 Å². The average molecular weight is 352 g/mol. The molecule has 0 amide bonds. The Balaban J connectivity index is 2.19. The topological polar surface area (TPSA) is 54.9 Å². The van der Waals surface area contributed by atoms with Gasteiger partial charge in [0, 0.05) is 5.54 Å². The molecule has 3 rings (SSSR count). The van der Waals surface area contributed by atoms with Crippen LogP contribution in [-0.2, 0) is 0 Å². The van der Waals surface area contributed by atoms with Crippen LogP contribution in [-0.4, -0.2) is 26.6 Å². The number of fused-ring (bicyclic) bond motifs is 1. The first kappa shape index (κ1) is 14.4. The van der Waals surface area contributed by atoms with Crippen LogP contribution in [0.3, 0.4) is 0 Å². The molecule has 1 aliphatic rings. The number of ketones is 1. The van der Waals surface area contributed by atoms with E-state index in [1.54, 1.807) is 6.07 Å². The summed E-state index contributed by atoms with van der Waals surface area (Å²) < 4.78 is 14.0. The molecule has 1 aromatic heterocycles. The lowest BCUT2D eigenvalue weighted by Crippen LogP contribution is -2.19. The van der Waals surface area contributed by atoms with Gasteiger partial charge in [0.2, 0.25) is 0 Å². The van der Waals surface area contributed by atoms with Gasteiger partial charge in [-0.15, -0.1) is 0 Å². The van der Waals surface area contributed by atoms with Crippen LogP contribution in [0.1, 0.15) is 35.8 Å². The second-order valence-corrected chi connectivity index (χ2v) is 6.25. The lowest BCUT2D eigenvalue weighted by atomic mass is 10.1. The number of hydrogen-bond donors (Lipinski definition) is 1. The number of nitrogens with one attached hydrogen (secondary N) is 1. The summed E-state index contributed by atoms with van der Waals surface area (Å²) in [5, 5.41) is 3.39. The molecule has 0 saturated heterocycles. The highest BCUT2D eigenvalue weighted by atomic mass is 79.9. The Kier molecular flexibility index (Phi) is 3.43. The molecule has 1 aliphatic carbocycles. The predicted molar refractivity (Wildman–Crippen MR) is 83.6 cm³/mol. The van der Waals surface area contributed by atoms with Crippen LogP contribution in [0.4, 0.5) is 10.2 Å². The Morgan fingerprint density at radius 3 is 2.76 bits per heavy atom. The first-order chi connectivity index (χ1) is 9.93. The fourth-order valence-corrected chi connectivity index (χ4v) is 2.51. The second-order valence-electron chi connectivity index (χ2n) is 5.69. The number of carbonyl (C=O) groups is 1. The molecule has 6 heteroatoms. The van der Waals surface area contributed by atoms with E-state index in [2.05, 4.69) is 38.1 Å². The standard InChI is InChI=1S/C15H15BrFN3O/c1-8-14(20-15(2)5-6-15)19-13-10(18-8)4-3-9(17)12(13)11(21)7-16/h3-4H,5-7H2,1-2H3,(H,19,20). The smallest absolute Gasteiger partial charge is 0.178 e. The molecule has 1 N–H and O–H groups in total. The van der Waals surface area contributed by atoms with Gasteiger partial charge in [0.25, 0.3) is 0 Å². The highest BCUT2D eigenvalue weighted by Crippen LogP contribution is 2.38. The minimum absolute atomic E-state index is 0.000810. The Morgan fingerprint density at radius 2 is 2.14 bits per heavy atom. The molecule has 0 atom stereocenters. The lowest BCUT2D eigenvalue weighted by Gasteiger charge is -2.15. The maximum Gasteiger partial charge on any atom is 0.178 e. The van der Waals surface area contributed by atoms with Crippen molar-refractivity contribution < 1.29 is 9.18 Å². The van der Waals surface area contributed by atoms with E-state index < -0.39 is 5.82 Å². The Morgan fingerprint density at radius 1 is 1.43 bits per heavy atom. The van der Waals surface area contributed by atoms with Crippen molar-refractivity contribution in [2.45, 2.75) is 32.2 Å². The minimum Gasteiger partial charge on any atom is -0.363 e. The van der Waals surface area contributed by atoms with Gasteiger partial charge in [0.15, 0.2) is 5.78 Å². The maximum absolute atomic E-state index is 14.0. The monoisotopic (exact) mass is 351 g/mol. The third kappa shape index (κ3) is 2.64. The summed E-state index contributed by atoms with van der Waals surface area (Å²) in [7, 11) is 0. The number of Topliss-reactive ketones (excluding diaryl/α,β-unsaturated/α-hetero) is 1. The molecule has 4 nitrogen and oxygen atoms in total. The predicted octanol–water partition coefficient (Wildman–Crippen LogP) is 3.62. The van der Waals surface area contributed by atoms with Crippen LogP contribution in [0.2, 0.25) is 0 Å². The van der Waals surface area contributed by atoms with Gasteiger partial charge in [0.05, 0.1) is 22.1 Å². The minimum atomic E-state index is -0.561. The van der Waals surface area contributed by atoms with Crippen LogP contribution in [0.5, 0.6) is 0 Å². The summed E-state index contributed by atoms with van der Waals surface area (Å²) in [4.78, 5) is 20.9. The van der Waals surface area contributed by atoms with Gasteiger partial charge in [-0.2, -0.15) is 0 Å². The van der Waals surface area contributed by atoms with E-state index in [-0.39, 0.29) is 22.2 Å². The molecule has 1 heterocycles. The van der Waals surface area contributed by atoms with Gasteiger partial charge < -0.3 is 5.32 Å². The third-order valence-corrected chi connectivity index (χ3v) is 4.29. The van der Waals surface area contributed by atoms with Crippen molar-refractivity contribution in [2.24, 2.45) is 0 Å². The Labute approximate surface area is 130 Å². The highest BCUT2D eigenvalue weighted by molar-refractivity contribution is 9.09. The maximum atomic E-state index is 14.0. The number of benzene rings is 1. The molecule has 1 saturated carbocycles. The molecule has 1 aromatic carbocycles. The van der Waals surface area contributed by atoms with Crippen LogP contribution in [0.25, 0.3) is 11.0 Å². The second kappa shape index (κ2) is 5.02. The van der Waals surface area contributed by atoms with Crippen molar-refractivity contribution in [3.05, 3.63) is 29.2 Å². The molecular formula is C15H15BrFN3O. The molecule has 0 bridgehead atoms. The van der Waals surface area contributed by atoms with Crippen LogP contribution >= 0.6 is 15.9 Å². The highest BCUT2D eigenvalue weighted by Gasteiger charge is 2.38. The van der Waals surface area contributed by atoms with Crippen molar-refractivity contribution in [2.75, 3.05) is 10.6 Å². The molecule has 0 unspecified atom stereocenters. The fraction of sp³-hybridized carbons (Fsp3) is 0.400. The quantitative estimate of drug-likeness (QED) is 0.675. The normalized spacial score (nSPS) is 16.0. The fourth-order valence-electron chi connectivity index (χ4n) is 2.23. The van der Waals surface area contributed by atoms with E-state index in [9.17, 15) is 9.18 Å². The van der Waals surface area contributed by atoms with E-state index in [0.717, 1.165) is 18.5 Å². The molecule has 0 radical (unpaired) electrons. The van der Waals surface area contributed by atoms with Crippen molar-refractivity contribution in [1.29, 1.82) is 0 Å². The van der Waals surface area contributed by atoms with E-state index >= 15 is 0 Å². The average Bonchev–Trinajstić information content (AvgIpc) is 3.17. The zero-order chi connectivity index (χ0) is 15.2. The van der Waals surface area contributed by atoms with Gasteiger partial charge in [-0.05, 0) is 38.8 Å². The molecular weight excluding hydrogens is 337 g/mol. The van der Waals surface area contributed by atoms with Crippen molar-refractivity contribution in [3.63, 3.8) is 0 Å². The van der Waals surface area contributed by atoms with Crippen LogP contribution in [0, 0.1) is 12.7 Å². The van der Waals surface area contributed by atoms with Crippen molar-refractivity contribution in [3.8, 4) is 0 Å². The number of carbonyl (C=O) groups excluding carboxylic acids is 1. The molecule has 21 heavy (non-hydrogen) atoms. The van der Waals surface area contributed by atoms with Gasteiger partial charge >= 0.3 is 0 Å². The largest absolute Gasteiger partial charge is 0.363 e. The summed E-state index contributed by atoms with van der Waals surface area (Å²) in [5.41, 5.74) is 1.64. The number of aromatic nitrogens is 2. The summed E-state index contributed by atoms with van der Waals surface area (Å²) in [5.74, 6) is -0.273. The summed E-state index contributed by atoms with van der Waals surface area (Å²) in [6.45, 7) is 3.96. The number of nitrogens with zero attached hydrogens (tertiary/aromatic N) is 2. The summed E-state index contributed by atoms with van der Waals surface area (Å²) >= 11 is 3.08. The molecule has 2 aromatic rings. The first-order valence-corrected chi connectivity index (χ1v) is 7.90. The molecule has 0 spiro atoms. The van der Waals surface area contributed by atoms with Crippen molar-refractivity contribution >= 4 is 38.6 Å². The number of anilines is 1. The SMILES string of the molecule is Cc1nc2ccc(F)c(C(=O)CBr)c2nc1NC1(C)CC1. The van der Waals surface area contributed by atoms with E-state index in [1.807, 2.05) is 6.92 Å². The summed E-state index contributed by atoms with van der Waals surface area (Å²) in [6.07, 6.45) is 2.14. The zero-order valence-corrected chi connectivity index (χ0v) is 13.4. The first-order valence-electron chi connectivity index (χ1n) is 6.78. The molecule has 110 valence electrons. The number of aryl methyl sites for hydroxylation is 1. The Bertz CT molecular complexity index is 743. The van der Waals surface area contributed by atoms with E-state index in [4.69, 9.17) is 0 Å². The van der Waals surface area contributed by atoms with Gasteiger partial charge in [-0.3, -0.25) is 4.79 Å². The Hall–Kier alpha value is -1.56. The number of alkyl halides is 1. The van der Waals surface area contributed by atoms with E-state index in [0.29, 0.717) is 16.9 Å². The number of halogens is 2. The third-order valence-electron chi connectivity index (χ3n) is 3.78. The lowest BCUT2D eigenvalue weighted by molar-refractivity contribution is 0.102. The molecule has 1 fully saturated rings. The van der Waals surface area contributed by atoms with Gasteiger partial charge in [-0.25, -0.2) is 14.4 Å². The van der Waals surface area contributed by atoms with Crippen molar-refractivity contribution in [1.82, 2.24) is 9.97 Å². The number of hydrogen-bond acceptors (Lipinski definition) is 4. The van der Waals surface area contributed by atoms with Gasteiger partial charge in [-0.1, -0.05) is 15.9 Å². The van der Waals surface area contributed by atoms with Crippen LogP contribution < -0.4 is 5.32 Å². The molecule has 0 aliphatic heterocycles. The van der Waals surface area contributed by atoms with Gasteiger partial charge in [0.1, 0.15) is 17.2 Å². The summed E-state index contributed by atoms with van der Waals surface area (Å²) in [6, 6.07) is 2.82.